The molecule has 0 aliphatic rings. The van der Waals surface area contributed by atoms with Crippen LogP contribution in [0.15, 0.2) is 92.7 Å². The van der Waals surface area contributed by atoms with Gasteiger partial charge in [-0.2, -0.15) is 4.31 Å². The number of amides is 1. The second kappa shape index (κ2) is 10.5. The average Bonchev–Trinajstić information content (AvgIpc) is 2.74. The molecule has 162 valence electrons. The molecule has 1 atom stereocenters. The number of carbonyl (C=O) groups is 1. The lowest BCUT2D eigenvalue weighted by atomic mass is 10.1. The first kappa shape index (κ1) is 23.7. The lowest BCUT2D eigenvalue weighted by Gasteiger charge is -2.23. The van der Waals surface area contributed by atoms with Crippen LogP contribution >= 0.6 is 31.9 Å². The van der Waals surface area contributed by atoms with Crippen LogP contribution in [0, 0.1) is 0 Å². The van der Waals surface area contributed by atoms with Gasteiger partial charge in [0.1, 0.15) is 0 Å². The Hall–Kier alpha value is -2.00. The van der Waals surface area contributed by atoms with Crippen molar-refractivity contribution in [1.29, 1.82) is 0 Å². The Morgan fingerprint density at radius 1 is 0.935 bits per heavy atom. The fourth-order valence-electron chi connectivity index (χ4n) is 3.08. The molecule has 0 fully saturated rings. The second-order valence-electron chi connectivity index (χ2n) is 7.06. The first-order chi connectivity index (χ1) is 14.8. The molecule has 0 aliphatic carbocycles. The Morgan fingerprint density at radius 3 is 2.26 bits per heavy atom. The third-order valence-corrected chi connectivity index (χ3v) is 7.53. The predicted molar refractivity (Wildman–Crippen MR) is 129 cm³/mol. The molecule has 0 bridgehead atoms. The van der Waals surface area contributed by atoms with E-state index in [0.29, 0.717) is 0 Å². The molecule has 0 heterocycles. The molecule has 3 aromatic carbocycles. The summed E-state index contributed by atoms with van der Waals surface area (Å²) in [6.45, 7) is 1.67. The van der Waals surface area contributed by atoms with Crippen molar-refractivity contribution in [3.63, 3.8) is 0 Å². The van der Waals surface area contributed by atoms with Crippen molar-refractivity contribution in [3.8, 4) is 0 Å². The summed E-state index contributed by atoms with van der Waals surface area (Å²) in [5.41, 5.74) is 1.73. The molecule has 0 aromatic heterocycles. The zero-order valence-corrected chi connectivity index (χ0v) is 20.8. The molecule has 3 rings (SSSR count). The molecule has 1 N–H and O–H groups in total. The van der Waals surface area contributed by atoms with Crippen molar-refractivity contribution in [1.82, 2.24) is 9.62 Å². The summed E-state index contributed by atoms with van der Waals surface area (Å²) in [7, 11) is -3.87. The molecule has 0 spiro atoms. The van der Waals surface area contributed by atoms with E-state index in [0.717, 1.165) is 20.1 Å². The van der Waals surface area contributed by atoms with E-state index in [1.54, 1.807) is 12.1 Å². The molecule has 0 saturated heterocycles. The Labute approximate surface area is 199 Å². The van der Waals surface area contributed by atoms with Crippen LogP contribution in [0.3, 0.4) is 0 Å². The number of sulfonamides is 1. The zero-order chi connectivity index (χ0) is 22.4. The summed E-state index contributed by atoms with van der Waals surface area (Å²) in [5, 5.41) is 2.90. The van der Waals surface area contributed by atoms with E-state index < -0.39 is 10.0 Å². The molecule has 3 aromatic rings. The topological polar surface area (TPSA) is 66.5 Å². The van der Waals surface area contributed by atoms with Crippen LogP contribution in [-0.4, -0.2) is 25.2 Å². The molecular weight excluding hydrogens is 544 g/mol. The minimum Gasteiger partial charge on any atom is -0.348 e. The minimum atomic E-state index is -3.87. The summed E-state index contributed by atoms with van der Waals surface area (Å²) < 4.78 is 29.5. The van der Waals surface area contributed by atoms with Gasteiger partial charge in [0.25, 0.3) is 0 Å². The van der Waals surface area contributed by atoms with Gasteiger partial charge in [0, 0.05) is 15.5 Å². The van der Waals surface area contributed by atoms with Crippen LogP contribution in [0.2, 0.25) is 0 Å². The fraction of sp³-hybridized carbons (Fsp3) is 0.174. The Kier molecular flexibility index (Phi) is 8.05. The van der Waals surface area contributed by atoms with Crippen LogP contribution in [0.4, 0.5) is 0 Å². The average molecular weight is 566 g/mol. The van der Waals surface area contributed by atoms with Gasteiger partial charge in [0.15, 0.2) is 0 Å². The summed E-state index contributed by atoms with van der Waals surface area (Å²) in [6, 6.07) is 23.0. The standard InChI is InChI=1S/C23H22Br2N2O3S/c1-17(19-8-5-9-21(25)14-19)26-23(28)16-27(15-18-6-3-2-4-7-18)31(29,30)22-12-10-20(24)11-13-22/h2-14,17H,15-16H2,1H3,(H,26,28)/t17-/m1/s1. The van der Waals surface area contributed by atoms with Crippen molar-refractivity contribution in [2.24, 2.45) is 0 Å². The normalized spacial score (nSPS) is 12.5. The number of carbonyl (C=O) groups excluding carboxylic acids is 1. The highest BCUT2D eigenvalue weighted by Crippen LogP contribution is 2.22. The van der Waals surface area contributed by atoms with Gasteiger partial charge >= 0.3 is 0 Å². The molecular formula is C23H22Br2N2O3S. The maximum Gasteiger partial charge on any atom is 0.243 e. The number of nitrogens with one attached hydrogen (secondary N) is 1. The first-order valence-electron chi connectivity index (χ1n) is 9.60. The molecule has 0 saturated carbocycles. The van der Waals surface area contributed by atoms with Gasteiger partial charge in [-0.1, -0.05) is 74.3 Å². The highest BCUT2D eigenvalue weighted by atomic mass is 79.9. The van der Waals surface area contributed by atoms with E-state index in [4.69, 9.17) is 0 Å². The SMILES string of the molecule is C[C@@H](NC(=O)CN(Cc1ccccc1)S(=O)(=O)c1ccc(Br)cc1)c1cccc(Br)c1. The Morgan fingerprint density at radius 2 is 1.61 bits per heavy atom. The third-order valence-electron chi connectivity index (χ3n) is 4.70. The van der Waals surface area contributed by atoms with E-state index in [1.165, 1.54) is 16.4 Å². The van der Waals surface area contributed by atoms with E-state index in [9.17, 15) is 13.2 Å². The predicted octanol–water partition coefficient (Wildman–Crippen LogP) is 5.28. The van der Waals surface area contributed by atoms with Gasteiger partial charge in [-0.3, -0.25) is 4.79 Å². The van der Waals surface area contributed by atoms with Crippen LogP contribution in [0.25, 0.3) is 0 Å². The molecule has 5 nitrogen and oxygen atoms in total. The lowest BCUT2D eigenvalue weighted by Crippen LogP contribution is -2.41. The minimum absolute atomic E-state index is 0.0952. The molecule has 0 aliphatic heterocycles. The highest BCUT2D eigenvalue weighted by molar-refractivity contribution is 9.10. The van der Waals surface area contributed by atoms with E-state index in [2.05, 4.69) is 37.2 Å². The van der Waals surface area contributed by atoms with Crippen molar-refractivity contribution in [2.45, 2.75) is 24.4 Å². The number of hydrogen-bond acceptors (Lipinski definition) is 3. The van der Waals surface area contributed by atoms with Crippen molar-refractivity contribution >= 4 is 47.8 Å². The summed E-state index contributed by atoms with van der Waals surface area (Å²) in [4.78, 5) is 12.9. The van der Waals surface area contributed by atoms with Crippen LogP contribution in [0.1, 0.15) is 24.1 Å². The molecule has 8 heteroatoms. The van der Waals surface area contributed by atoms with Gasteiger partial charge in [-0.15, -0.1) is 0 Å². The first-order valence-corrected chi connectivity index (χ1v) is 12.6. The number of nitrogens with zero attached hydrogens (tertiary/aromatic N) is 1. The second-order valence-corrected chi connectivity index (χ2v) is 10.8. The molecule has 0 unspecified atom stereocenters. The van der Waals surface area contributed by atoms with Crippen LogP contribution < -0.4 is 5.32 Å². The number of benzene rings is 3. The summed E-state index contributed by atoms with van der Waals surface area (Å²) in [5.74, 6) is -0.371. The Bertz CT molecular complexity index is 1140. The van der Waals surface area contributed by atoms with Gasteiger partial charge in [0.2, 0.25) is 15.9 Å². The molecule has 0 radical (unpaired) electrons. The van der Waals surface area contributed by atoms with E-state index >= 15 is 0 Å². The van der Waals surface area contributed by atoms with Gasteiger partial charge in [-0.25, -0.2) is 8.42 Å². The van der Waals surface area contributed by atoms with Crippen LogP contribution in [-0.2, 0) is 21.4 Å². The van der Waals surface area contributed by atoms with E-state index in [1.807, 2.05) is 61.5 Å². The third kappa shape index (κ3) is 6.49. The van der Waals surface area contributed by atoms with Gasteiger partial charge in [0.05, 0.1) is 17.5 Å². The quantitative estimate of drug-likeness (QED) is 0.404. The number of rotatable bonds is 8. The largest absolute Gasteiger partial charge is 0.348 e. The number of halogens is 2. The van der Waals surface area contributed by atoms with Gasteiger partial charge < -0.3 is 5.32 Å². The maximum atomic E-state index is 13.3. The number of hydrogen-bond donors (Lipinski definition) is 1. The highest BCUT2D eigenvalue weighted by Gasteiger charge is 2.27. The van der Waals surface area contributed by atoms with Gasteiger partial charge in [-0.05, 0) is 54.4 Å². The molecule has 1 amide bonds. The van der Waals surface area contributed by atoms with Crippen LogP contribution in [0.5, 0.6) is 0 Å². The van der Waals surface area contributed by atoms with Crippen molar-refractivity contribution in [2.75, 3.05) is 6.54 Å². The summed E-state index contributed by atoms with van der Waals surface area (Å²) in [6.07, 6.45) is 0. The van der Waals surface area contributed by atoms with Crippen molar-refractivity contribution in [3.05, 3.63) is 98.9 Å². The molecule has 31 heavy (non-hydrogen) atoms. The monoisotopic (exact) mass is 564 g/mol. The van der Waals surface area contributed by atoms with E-state index in [-0.39, 0.29) is 29.9 Å². The lowest BCUT2D eigenvalue weighted by molar-refractivity contribution is -0.122. The maximum absolute atomic E-state index is 13.3. The summed E-state index contributed by atoms with van der Waals surface area (Å²) >= 11 is 6.75. The fourth-order valence-corrected chi connectivity index (χ4v) is 5.14. The zero-order valence-electron chi connectivity index (χ0n) is 16.8. The van der Waals surface area contributed by atoms with Crippen molar-refractivity contribution < 1.29 is 13.2 Å². The smallest absolute Gasteiger partial charge is 0.243 e. The Balaban J connectivity index is 1.82.